The Labute approximate surface area is 177 Å². The van der Waals surface area contributed by atoms with E-state index in [2.05, 4.69) is 10.6 Å². The summed E-state index contributed by atoms with van der Waals surface area (Å²) in [6, 6.07) is 16.8. The minimum atomic E-state index is -0.601. The van der Waals surface area contributed by atoms with Gasteiger partial charge in [0.2, 0.25) is 5.91 Å². The van der Waals surface area contributed by atoms with Crippen LogP contribution in [-0.4, -0.2) is 50.7 Å². The number of rotatable bonds is 7. The lowest BCUT2D eigenvalue weighted by atomic mass is 9.78. The quantitative estimate of drug-likeness (QED) is 0.731. The van der Waals surface area contributed by atoms with Gasteiger partial charge in [0.25, 0.3) is 0 Å². The first kappa shape index (κ1) is 21.8. The van der Waals surface area contributed by atoms with Crippen LogP contribution >= 0.6 is 0 Å². The molecule has 1 fully saturated rings. The molecule has 1 heterocycles. The first-order chi connectivity index (χ1) is 14.5. The van der Waals surface area contributed by atoms with Crippen molar-refractivity contribution in [2.24, 2.45) is 5.41 Å². The number of hydrogen-bond acceptors (Lipinski definition) is 5. The van der Waals surface area contributed by atoms with Crippen LogP contribution < -0.4 is 15.4 Å². The molecule has 1 saturated heterocycles. The molecule has 0 saturated carbocycles. The Morgan fingerprint density at radius 3 is 2.50 bits per heavy atom. The molecule has 1 aliphatic rings. The molecule has 2 amide bonds. The largest absolute Gasteiger partial charge is 0.414 e. The summed E-state index contributed by atoms with van der Waals surface area (Å²) >= 11 is 0. The molecule has 7 heteroatoms. The van der Waals surface area contributed by atoms with Gasteiger partial charge >= 0.3 is 6.09 Å². The second-order valence-electron chi connectivity index (χ2n) is 7.75. The zero-order chi connectivity index (χ0) is 21.4. The van der Waals surface area contributed by atoms with E-state index in [1.807, 2.05) is 30.3 Å². The molecular weight excluding hydrogens is 382 g/mol. The lowest BCUT2D eigenvalue weighted by Gasteiger charge is -2.36. The number of ether oxygens (including phenoxy) is 2. The standard InChI is InChI=1S/C23H29N3O4/c1-26(2)22(28)30-20-10-6-9-19(15-20)25-21(27)23(11-13-24-14-12-23)17-29-16-18-7-4-3-5-8-18/h3-10,15,24H,11-14,16-17H2,1-2H3,(H,25,27). The van der Waals surface area contributed by atoms with Gasteiger partial charge in [0.05, 0.1) is 18.6 Å². The molecule has 0 aromatic heterocycles. The Morgan fingerprint density at radius 1 is 1.07 bits per heavy atom. The summed E-state index contributed by atoms with van der Waals surface area (Å²) < 4.78 is 11.2. The van der Waals surface area contributed by atoms with Gasteiger partial charge in [-0.15, -0.1) is 0 Å². The zero-order valence-electron chi connectivity index (χ0n) is 17.5. The second-order valence-corrected chi connectivity index (χ2v) is 7.75. The fourth-order valence-corrected chi connectivity index (χ4v) is 3.37. The van der Waals surface area contributed by atoms with Crippen molar-refractivity contribution in [2.75, 3.05) is 39.1 Å². The highest BCUT2D eigenvalue weighted by atomic mass is 16.6. The molecule has 0 bridgehead atoms. The maximum absolute atomic E-state index is 13.2. The van der Waals surface area contributed by atoms with Crippen molar-refractivity contribution in [1.29, 1.82) is 0 Å². The topological polar surface area (TPSA) is 79.9 Å². The fourth-order valence-electron chi connectivity index (χ4n) is 3.37. The average Bonchev–Trinajstić information content (AvgIpc) is 2.75. The molecule has 0 aliphatic carbocycles. The Balaban J connectivity index is 1.65. The van der Waals surface area contributed by atoms with E-state index in [0.717, 1.165) is 18.7 Å². The minimum Gasteiger partial charge on any atom is -0.410 e. The highest BCUT2D eigenvalue weighted by Gasteiger charge is 2.40. The average molecular weight is 412 g/mol. The molecular formula is C23H29N3O4. The molecule has 2 aromatic carbocycles. The highest BCUT2D eigenvalue weighted by molar-refractivity contribution is 5.95. The molecule has 30 heavy (non-hydrogen) atoms. The molecule has 0 atom stereocenters. The molecule has 0 spiro atoms. The van der Waals surface area contributed by atoms with Gasteiger partial charge in [-0.25, -0.2) is 4.79 Å². The number of nitrogens with one attached hydrogen (secondary N) is 2. The van der Waals surface area contributed by atoms with Crippen LogP contribution in [0, 0.1) is 5.41 Å². The monoisotopic (exact) mass is 411 g/mol. The van der Waals surface area contributed by atoms with E-state index in [9.17, 15) is 9.59 Å². The zero-order valence-corrected chi connectivity index (χ0v) is 17.5. The first-order valence-electron chi connectivity index (χ1n) is 10.1. The Morgan fingerprint density at radius 2 is 1.80 bits per heavy atom. The minimum absolute atomic E-state index is 0.0758. The molecule has 0 radical (unpaired) electrons. The van der Waals surface area contributed by atoms with Crippen LogP contribution in [0.1, 0.15) is 18.4 Å². The van der Waals surface area contributed by atoms with Gasteiger partial charge in [0, 0.05) is 25.8 Å². The number of anilines is 1. The predicted octanol–water partition coefficient (Wildman–Crippen LogP) is 3.27. The molecule has 160 valence electrons. The summed E-state index contributed by atoms with van der Waals surface area (Å²) in [5, 5.41) is 6.30. The third kappa shape index (κ3) is 5.81. The second kappa shape index (κ2) is 10.2. The van der Waals surface area contributed by atoms with Crippen LogP contribution in [0.4, 0.5) is 10.5 Å². The third-order valence-electron chi connectivity index (χ3n) is 5.19. The Kier molecular flexibility index (Phi) is 7.43. The summed E-state index contributed by atoms with van der Waals surface area (Å²) in [4.78, 5) is 26.4. The number of piperidine rings is 1. The lowest BCUT2D eigenvalue weighted by molar-refractivity contribution is -0.131. The maximum atomic E-state index is 13.2. The number of nitrogens with zero attached hydrogens (tertiary/aromatic N) is 1. The number of carbonyl (C=O) groups excluding carboxylic acids is 2. The van der Waals surface area contributed by atoms with Crippen molar-refractivity contribution < 1.29 is 19.1 Å². The van der Waals surface area contributed by atoms with Gasteiger partial charge in [-0.3, -0.25) is 4.79 Å². The van der Waals surface area contributed by atoms with Crippen molar-refractivity contribution in [3.05, 3.63) is 60.2 Å². The number of amides is 2. The summed E-state index contributed by atoms with van der Waals surface area (Å²) in [6.45, 7) is 2.36. The maximum Gasteiger partial charge on any atom is 0.414 e. The van der Waals surface area contributed by atoms with E-state index in [1.54, 1.807) is 38.4 Å². The predicted molar refractivity (Wildman–Crippen MR) is 115 cm³/mol. The van der Waals surface area contributed by atoms with E-state index in [-0.39, 0.29) is 5.91 Å². The van der Waals surface area contributed by atoms with Crippen LogP contribution in [0.15, 0.2) is 54.6 Å². The van der Waals surface area contributed by atoms with Gasteiger partial charge in [0.1, 0.15) is 5.75 Å². The number of carbonyl (C=O) groups is 2. The normalized spacial score (nSPS) is 15.3. The van der Waals surface area contributed by atoms with Crippen molar-refractivity contribution in [3.8, 4) is 5.75 Å². The van der Waals surface area contributed by atoms with Gasteiger partial charge in [0.15, 0.2) is 0 Å². The van der Waals surface area contributed by atoms with Crippen LogP contribution in [0.5, 0.6) is 5.75 Å². The fraction of sp³-hybridized carbons (Fsp3) is 0.391. The SMILES string of the molecule is CN(C)C(=O)Oc1cccc(NC(=O)C2(COCc3ccccc3)CCNCC2)c1. The lowest BCUT2D eigenvalue weighted by Crippen LogP contribution is -2.47. The van der Waals surface area contributed by atoms with E-state index in [4.69, 9.17) is 9.47 Å². The van der Waals surface area contributed by atoms with Crippen molar-refractivity contribution in [1.82, 2.24) is 10.2 Å². The van der Waals surface area contributed by atoms with E-state index in [0.29, 0.717) is 37.5 Å². The number of benzene rings is 2. The van der Waals surface area contributed by atoms with Gasteiger partial charge < -0.3 is 25.0 Å². The number of hydrogen-bond donors (Lipinski definition) is 2. The molecule has 2 aromatic rings. The van der Waals surface area contributed by atoms with Crippen molar-refractivity contribution >= 4 is 17.7 Å². The first-order valence-corrected chi connectivity index (χ1v) is 10.1. The van der Waals surface area contributed by atoms with Crippen LogP contribution in [-0.2, 0) is 16.1 Å². The molecule has 2 N–H and O–H groups in total. The molecule has 7 nitrogen and oxygen atoms in total. The van der Waals surface area contributed by atoms with Crippen LogP contribution in [0.2, 0.25) is 0 Å². The van der Waals surface area contributed by atoms with E-state index in [1.165, 1.54) is 4.90 Å². The van der Waals surface area contributed by atoms with Crippen molar-refractivity contribution in [3.63, 3.8) is 0 Å². The van der Waals surface area contributed by atoms with Crippen LogP contribution in [0.3, 0.4) is 0 Å². The smallest absolute Gasteiger partial charge is 0.410 e. The third-order valence-corrected chi connectivity index (χ3v) is 5.19. The molecule has 0 unspecified atom stereocenters. The summed E-state index contributed by atoms with van der Waals surface area (Å²) in [6.07, 6.45) is 0.925. The summed E-state index contributed by atoms with van der Waals surface area (Å²) in [5.74, 6) is 0.305. The Bertz CT molecular complexity index is 849. The molecule has 3 rings (SSSR count). The summed E-state index contributed by atoms with van der Waals surface area (Å²) in [5.41, 5.74) is 1.07. The van der Waals surface area contributed by atoms with Crippen LogP contribution in [0.25, 0.3) is 0 Å². The van der Waals surface area contributed by atoms with Gasteiger partial charge in [-0.2, -0.15) is 0 Å². The molecule has 1 aliphatic heterocycles. The van der Waals surface area contributed by atoms with E-state index >= 15 is 0 Å². The highest BCUT2D eigenvalue weighted by Crippen LogP contribution is 2.32. The van der Waals surface area contributed by atoms with Gasteiger partial charge in [-0.1, -0.05) is 36.4 Å². The van der Waals surface area contributed by atoms with Crippen molar-refractivity contribution in [2.45, 2.75) is 19.4 Å². The van der Waals surface area contributed by atoms with Gasteiger partial charge in [-0.05, 0) is 43.6 Å². The Hall–Kier alpha value is -2.90. The van der Waals surface area contributed by atoms with E-state index < -0.39 is 11.5 Å². The summed E-state index contributed by atoms with van der Waals surface area (Å²) in [7, 11) is 3.23.